The molecule has 1 saturated heterocycles. The molecule has 1 fully saturated rings. The molecule has 1 unspecified atom stereocenters. The van der Waals surface area contributed by atoms with Crippen molar-refractivity contribution in [1.82, 2.24) is 9.80 Å². The van der Waals surface area contributed by atoms with E-state index in [1.54, 1.807) is 24.3 Å². The average Bonchev–Trinajstić information content (AvgIpc) is 3.02. The van der Waals surface area contributed by atoms with Crippen molar-refractivity contribution < 1.29 is 24.5 Å². The fraction of sp³-hybridized carbons (Fsp3) is 0.333. The normalized spacial score (nSPS) is 20.1. The Labute approximate surface area is 181 Å². The van der Waals surface area contributed by atoms with Crippen LogP contribution in [-0.4, -0.2) is 65.5 Å². The molecule has 0 aliphatic carbocycles. The molecule has 7 nitrogen and oxygen atoms in total. The smallest absolute Gasteiger partial charge is 0.295 e. The second kappa shape index (κ2) is 8.43. The predicted molar refractivity (Wildman–Crippen MR) is 116 cm³/mol. The number of nitrogens with zero attached hydrogens (tertiary/aromatic N) is 2. The minimum atomic E-state index is -0.729. The van der Waals surface area contributed by atoms with Gasteiger partial charge in [0, 0.05) is 18.7 Å². The summed E-state index contributed by atoms with van der Waals surface area (Å²) < 4.78 is 5.64. The van der Waals surface area contributed by atoms with Gasteiger partial charge in [0.05, 0.1) is 18.2 Å². The highest BCUT2D eigenvalue weighted by atomic mass is 16.5. The lowest BCUT2D eigenvalue weighted by Crippen LogP contribution is -2.35. The van der Waals surface area contributed by atoms with Crippen LogP contribution in [0, 0.1) is 0 Å². The van der Waals surface area contributed by atoms with Crippen LogP contribution in [0.3, 0.4) is 0 Å². The molecule has 1 amide bonds. The third-order valence-corrected chi connectivity index (χ3v) is 5.72. The third kappa shape index (κ3) is 4.01. The van der Waals surface area contributed by atoms with Crippen molar-refractivity contribution in [2.45, 2.75) is 18.9 Å². The number of carbonyl (C=O) groups is 2. The first-order valence-electron chi connectivity index (χ1n) is 10.3. The van der Waals surface area contributed by atoms with Gasteiger partial charge in [-0.05, 0) is 68.4 Å². The summed E-state index contributed by atoms with van der Waals surface area (Å²) in [5.41, 5.74) is 2.17. The fourth-order valence-corrected chi connectivity index (χ4v) is 4.08. The number of aliphatic hydroxyl groups is 1. The summed E-state index contributed by atoms with van der Waals surface area (Å²) in [7, 11) is 3.78. The van der Waals surface area contributed by atoms with Gasteiger partial charge in [-0.2, -0.15) is 0 Å². The number of hydrogen-bond donors (Lipinski definition) is 2. The third-order valence-electron chi connectivity index (χ3n) is 5.72. The number of ether oxygens (including phenoxy) is 1. The number of hydrogen-bond acceptors (Lipinski definition) is 6. The van der Waals surface area contributed by atoms with Gasteiger partial charge in [-0.25, -0.2) is 0 Å². The molecule has 2 heterocycles. The summed E-state index contributed by atoms with van der Waals surface area (Å²) in [4.78, 5) is 29.3. The molecule has 0 aromatic heterocycles. The number of phenols is 1. The lowest BCUT2D eigenvalue weighted by atomic mass is 9.94. The Morgan fingerprint density at radius 3 is 2.61 bits per heavy atom. The number of likely N-dealkylation sites (N-methyl/N-ethyl adjacent to an activating group) is 1. The zero-order valence-electron chi connectivity index (χ0n) is 17.7. The van der Waals surface area contributed by atoms with Crippen molar-refractivity contribution >= 4 is 17.4 Å². The van der Waals surface area contributed by atoms with E-state index in [9.17, 15) is 19.8 Å². The maximum absolute atomic E-state index is 13.0. The Kier molecular flexibility index (Phi) is 5.69. The van der Waals surface area contributed by atoms with Crippen molar-refractivity contribution in [3.63, 3.8) is 0 Å². The number of benzene rings is 2. The van der Waals surface area contributed by atoms with Crippen molar-refractivity contribution in [3.05, 3.63) is 64.7 Å². The SMILES string of the molecule is CN(C)CCN1C(=O)C(=O)/C(=C(\O)c2ccc3c(c2)CCCO3)C1c1ccc(O)cc1. The number of rotatable bonds is 5. The summed E-state index contributed by atoms with van der Waals surface area (Å²) in [5, 5.41) is 20.9. The molecule has 7 heteroatoms. The molecule has 2 N–H and O–H groups in total. The van der Waals surface area contributed by atoms with E-state index in [0.717, 1.165) is 24.2 Å². The zero-order chi connectivity index (χ0) is 22.1. The summed E-state index contributed by atoms with van der Waals surface area (Å²) in [6.45, 7) is 1.56. The molecule has 0 bridgehead atoms. The first-order valence-corrected chi connectivity index (χ1v) is 10.3. The van der Waals surface area contributed by atoms with Gasteiger partial charge in [0.15, 0.2) is 0 Å². The van der Waals surface area contributed by atoms with Crippen molar-refractivity contribution in [2.75, 3.05) is 33.8 Å². The average molecular weight is 422 g/mol. The molecule has 0 radical (unpaired) electrons. The molecule has 162 valence electrons. The molecule has 0 saturated carbocycles. The van der Waals surface area contributed by atoms with E-state index in [-0.39, 0.29) is 17.1 Å². The number of phenolic OH excluding ortho intramolecular Hbond substituents is 1. The highest BCUT2D eigenvalue weighted by Gasteiger charge is 2.45. The zero-order valence-corrected chi connectivity index (χ0v) is 17.7. The lowest BCUT2D eigenvalue weighted by molar-refractivity contribution is -0.140. The molecule has 2 aromatic rings. The van der Waals surface area contributed by atoms with Gasteiger partial charge in [-0.1, -0.05) is 12.1 Å². The largest absolute Gasteiger partial charge is 0.508 e. The quantitative estimate of drug-likeness (QED) is 0.438. The van der Waals surface area contributed by atoms with Crippen LogP contribution in [-0.2, 0) is 16.0 Å². The van der Waals surface area contributed by atoms with Gasteiger partial charge in [-0.15, -0.1) is 0 Å². The van der Waals surface area contributed by atoms with Crippen LogP contribution in [0.1, 0.15) is 29.2 Å². The van der Waals surface area contributed by atoms with Gasteiger partial charge in [0.25, 0.3) is 11.7 Å². The summed E-state index contributed by atoms with van der Waals surface area (Å²) in [6, 6.07) is 11.0. The van der Waals surface area contributed by atoms with Crippen LogP contribution in [0.25, 0.3) is 5.76 Å². The molecule has 2 aliphatic heterocycles. The van der Waals surface area contributed by atoms with Crippen LogP contribution in [0.5, 0.6) is 11.5 Å². The highest BCUT2D eigenvalue weighted by Crippen LogP contribution is 2.40. The number of ketones is 1. The van der Waals surface area contributed by atoms with E-state index in [4.69, 9.17) is 4.74 Å². The Morgan fingerprint density at radius 1 is 1.16 bits per heavy atom. The van der Waals surface area contributed by atoms with Crippen molar-refractivity contribution in [1.29, 1.82) is 0 Å². The summed E-state index contributed by atoms with van der Waals surface area (Å²) >= 11 is 0. The number of aliphatic hydroxyl groups excluding tert-OH is 1. The maximum Gasteiger partial charge on any atom is 0.295 e. The molecule has 2 aliphatic rings. The Balaban J connectivity index is 1.81. The van der Waals surface area contributed by atoms with Crippen LogP contribution in [0.4, 0.5) is 0 Å². The van der Waals surface area contributed by atoms with E-state index in [1.165, 1.54) is 17.0 Å². The van der Waals surface area contributed by atoms with Crippen LogP contribution in [0.15, 0.2) is 48.0 Å². The maximum atomic E-state index is 13.0. The van der Waals surface area contributed by atoms with Crippen LogP contribution < -0.4 is 4.74 Å². The van der Waals surface area contributed by atoms with E-state index < -0.39 is 17.7 Å². The number of fused-ring (bicyclic) bond motifs is 1. The number of aryl methyl sites for hydroxylation is 1. The lowest BCUT2D eigenvalue weighted by Gasteiger charge is -2.26. The molecular weight excluding hydrogens is 396 g/mol. The molecule has 1 atom stereocenters. The Bertz CT molecular complexity index is 1040. The molecule has 2 aromatic carbocycles. The highest BCUT2D eigenvalue weighted by molar-refractivity contribution is 6.46. The van der Waals surface area contributed by atoms with Crippen LogP contribution in [0.2, 0.25) is 0 Å². The number of aromatic hydroxyl groups is 1. The van der Waals surface area contributed by atoms with Gasteiger partial charge >= 0.3 is 0 Å². The van der Waals surface area contributed by atoms with Crippen molar-refractivity contribution in [2.24, 2.45) is 0 Å². The first-order chi connectivity index (χ1) is 14.9. The summed E-state index contributed by atoms with van der Waals surface area (Å²) in [6.07, 6.45) is 1.72. The predicted octanol–water partition coefficient (Wildman–Crippen LogP) is 2.70. The second-order valence-corrected chi connectivity index (χ2v) is 8.16. The number of likely N-dealkylation sites (tertiary alicyclic amines) is 1. The standard InChI is InChI=1S/C24H26N2O5/c1-25(2)11-12-26-21(15-5-8-18(27)9-6-15)20(23(29)24(26)30)22(28)17-7-10-19-16(14-17)4-3-13-31-19/h5-10,14,21,27-28H,3-4,11-13H2,1-2H3/b22-20-. The van der Waals surface area contributed by atoms with Gasteiger partial charge in [-0.3, -0.25) is 9.59 Å². The monoisotopic (exact) mass is 422 g/mol. The number of carbonyl (C=O) groups excluding carboxylic acids is 2. The van der Waals surface area contributed by atoms with E-state index in [0.29, 0.717) is 30.8 Å². The number of amides is 1. The van der Waals surface area contributed by atoms with Gasteiger partial charge in [0.1, 0.15) is 17.3 Å². The second-order valence-electron chi connectivity index (χ2n) is 8.16. The Morgan fingerprint density at radius 2 is 1.90 bits per heavy atom. The van der Waals surface area contributed by atoms with E-state index >= 15 is 0 Å². The van der Waals surface area contributed by atoms with Gasteiger partial charge < -0.3 is 24.7 Å². The Hall–Kier alpha value is -3.32. The fourth-order valence-electron chi connectivity index (χ4n) is 4.08. The first kappa shape index (κ1) is 20.9. The van der Waals surface area contributed by atoms with E-state index in [2.05, 4.69) is 0 Å². The van der Waals surface area contributed by atoms with Crippen LogP contribution >= 0.6 is 0 Å². The minimum Gasteiger partial charge on any atom is -0.508 e. The minimum absolute atomic E-state index is 0.0612. The van der Waals surface area contributed by atoms with E-state index in [1.807, 2.05) is 25.1 Å². The molecule has 0 spiro atoms. The van der Waals surface area contributed by atoms with Crippen molar-refractivity contribution in [3.8, 4) is 11.5 Å². The number of Topliss-reactive ketones (excluding diaryl/α,β-unsaturated/α-hetero) is 1. The molecular formula is C24H26N2O5. The van der Waals surface area contributed by atoms with Gasteiger partial charge in [0.2, 0.25) is 0 Å². The topological polar surface area (TPSA) is 90.3 Å². The summed E-state index contributed by atoms with van der Waals surface area (Å²) in [5.74, 6) is -0.670. The molecule has 31 heavy (non-hydrogen) atoms. The molecule has 4 rings (SSSR count).